The van der Waals surface area contributed by atoms with Gasteiger partial charge in [0.1, 0.15) is 11.2 Å². The molecular formula is C30H20BrNO. The fourth-order valence-electron chi connectivity index (χ4n) is 4.39. The summed E-state index contributed by atoms with van der Waals surface area (Å²) in [5, 5.41) is 2.24. The summed E-state index contributed by atoms with van der Waals surface area (Å²) in [6, 6.07) is 37.8. The maximum Gasteiger partial charge on any atom is 0.143 e. The molecule has 0 aliphatic carbocycles. The minimum atomic E-state index is 0.755. The quantitative estimate of drug-likeness (QED) is 0.252. The molecule has 0 atom stereocenters. The van der Waals surface area contributed by atoms with Crippen LogP contribution in [0.4, 0.5) is 5.69 Å². The third-order valence-corrected chi connectivity index (χ3v) is 6.62. The van der Waals surface area contributed by atoms with Gasteiger partial charge in [0.15, 0.2) is 0 Å². The molecule has 0 saturated carbocycles. The molecular weight excluding hydrogens is 470 g/mol. The van der Waals surface area contributed by atoms with Crippen molar-refractivity contribution >= 4 is 43.6 Å². The Morgan fingerprint density at radius 1 is 0.545 bits per heavy atom. The monoisotopic (exact) mass is 489 g/mol. The van der Waals surface area contributed by atoms with E-state index >= 15 is 0 Å². The van der Waals surface area contributed by atoms with E-state index in [1.807, 2.05) is 24.3 Å². The van der Waals surface area contributed by atoms with Crippen LogP contribution in [0.25, 0.3) is 55.3 Å². The number of para-hydroxylation sites is 1. The smallest absolute Gasteiger partial charge is 0.143 e. The Labute approximate surface area is 200 Å². The number of nitrogen functional groups attached to an aromatic ring is 1. The van der Waals surface area contributed by atoms with E-state index < -0.39 is 0 Å². The average Bonchev–Trinajstić information content (AvgIpc) is 3.23. The van der Waals surface area contributed by atoms with Crippen LogP contribution >= 0.6 is 15.9 Å². The maximum absolute atomic E-state index is 6.33. The minimum absolute atomic E-state index is 0.755. The van der Waals surface area contributed by atoms with Crippen LogP contribution < -0.4 is 5.73 Å². The van der Waals surface area contributed by atoms with E-state index in [2.05, 4.69) is 101 Å². The van der Waals surface area contributed by atoms with Crippen LogP contribution in [0.3, 0.4) is 0 Å². The van der Waals surface area contributed by atoms with Gasteiger partial charge in [0.05, 0.1) is 0 Å². The van der Waals surface area contributed by atoms with E-state index in [1.165, 1.54) is 22.3 Å². The molecule has 0 bridgehead atoms. The molecule has 0 aliphatic rings. The molecule has 0 amide bonds. The molecule has 0 unspecified atom stereocenters. The van der Waals surface area contributed by atoms with E-state index in [4.69, 9.17) is 10.2 Å². The molecule has 2 N–H and O–H groups in total. The van der Waals surface area contributed by atoms with Gasteiger partial charge in [-0.2, -0.15) is 0 Å². The predicted octanol–water partition coefficient (Wildman–Crippen LogP) is 8.93. The largest absolute Gasteiger partial charge is 0.455 e. The van der Waals surface area contributed by atoms with Crippen LogP contribution in [0, 0.1) is 0 Å². The summed E-state index contributed by atoms with van der Waals surface area (Å²) in [6.45, 7) is 0. The number of hydrogen-bond donors (Lipinski definition) is 1. The fraction of sp³-hybridized carbons (Fsp3) is 0. The number of halogens is 1. The van der Waals surface area contributed by atoms with E-state index in [0.717, 1.165) is 43.2 Å². The molecule has 0 radical (unpaired) electrons. The van der Waals surface area contributed by atoms with Gasteiger partial charge in [-0.25, -0.2) is 0 Å². The SMILES string of the molecule is Nc1ccc(-c2cccc3c2oc2ccc(-c4cccc(-c5ccc(Br)cc5)c4)cc23)cc1. The minimum Gasteiger partial charge on any atom is -0.455 e. The molecule has 33 heavy (non-hydrogen) atoms. The summed E-state index contributed by atoms with van der Waals surface area (Å²) >= 11 is 3.52. The highest BCUT2D eigenvalue weighted by Gasteiger charge is 2.13. The van der Waals surface area contributed by atoms with Gasteiger partial charge in [-0.05, 0) is 70.3 Å². The molecule has 6 aromatic rings. The number of furan rings is 1. The van der Waals surface area contributed by atoms with Crippen LogP contribution in [0.1, 0.15) is 0 Å². The van der Waals surface area contributed by atoms with Crippen LogP contribution in [0.15, 0.2) is 118 Å². The Bertz CT molecular complexity index is 1610. The van der Waals surface area contributed by atoms with Gasteiger partial charge < -0.3 is 10.2 Å². The van der Waals surface area contributed by atoms with Gasteiger partial charge in [0, 0.05) is 26.5 Å². The third kappa shape index (κ3) is 3.61. The predicted molar refractivity (Wildman–Crippen MR) is 142 cm³/mol. The summed E-state index contributed by atoms with van der Waals surface area (Å²) < 4.78 is 7.41. The first kappa shape index (κ1) is 19.8. The highest BCUT2D eigenvalue weighted by Crippen LogP contribution is 2.38. The van der Waals surface area contributed by atoms with Crippen molar-refractivity contribution in [3.05, 3.63) is 114 Å². The summed E-state index contributed by atoms with van der Waals surface area (Å²) in [6.07, 6.45) is 0. The molecule has 2 nitrogen and oxygen atoms in total. The zero-order chi connectivity index (χ0) is 22.4. The number of nitrogens with two attached hydrogens (primary N) is 1. The summed E-state index contributed by atoms with van der Waals surface area (Å²) in [5.74, 6) is 0. The molecule has 1 aromatic heterocycles. The second-order valence-corrected chi connectivity index (χ2v) is 9.12. The van der Waals surface area contributed by atoms with Crippen LogP contribution in [0.2, 0.25) is 0 Å². The van der Waals surface area contributed by atoms with Crippen molar-refractivity contribution in [2.75, 3.05) is 5.73 Å². The van der Waals surface area contributed by atoms with Gasteiger partial charge in [-0.15, -0.1) is 0 Å². The molecule has 0 saturated heterocycles. The summed E-state index contributed by atoms with van der Waals surface area (Å²) in [5.41, 5.74) is 15.3. The highest BCUT2D eigenvalue weighted by molar-refractivity contribution is 9.10. The summed E-state index contributed by atoms with van der Waals surface area (Å²) in [7, 11) is 0. The summed E-state index contributed by atoms with van der Waals surface area (Å²) in [4.78, 5) is 0. The van der Waals surface area contributed by atoms with Gasteiger partial charge in [-0.3, -0.25) is 0 Å². The van der Waals surface area contributed by atoms with Crippen LogP contribution in [-0.2, 0) is 0 Å². The van der Waals surface area contributed by atoms with Crippen molar-refractivity contribution < 1.29 is 4.42 Å². The van der Waals surface area contributed by atoms with E-state index in [1.54, 1.807) is 0 Å². The highest BCUT2D eigenvalue weighted by atomic mass is 79.9. The topological polar surface area (TPSA) is 39.2 Å². The first-order valence-corrected chi connectivity index (χ1v) is 11.6. The van der Waals surface area contributed by atoms with E-state index in [0.29, 0.717) is 0 Å². The molecule has 5 aromatic carbocycles. The van der Waals surface area contributed by atoms with Crippen LogP contribution in [-0.4, -0.2) is 0 Å². The molecule has 6 rings (SSSR count). The zero-order valence-corrected chi connectivity index (χ0v) is 19.3. The molecule has 3 heteroatoms. The molecule has 0 fully saturated rings. The molecule has 158 valence electrons. The Hall–Kier alpha value is -3.82. The first-order chi connectivity index (χ1) is 16.2. The molecule has 0 spiro atoms. The second-order valence-electron chi connectivity index (χ2n) is 8.20. The van der Waals surface area contributed by atoms with Crippen molar-refractivity contribution in [3.63, 3.8) is 0 Å². The lowest BCUT2D eigenvalue weighted by molar-refractivity contribution is 0.670. The van der Waals surface area contributed by atoms with Crippen LogP contribution in [0.5, 0.6) is 0 Å². The van der Waals surface area contributed by atoms with Crippen molar-refractivity contribution in [2.45, 2.75) is 0 Å². The maximum atomic E-state index is 6.33. The lowest BCUT2D eigenvalue weighted by atomic mass is 9.97. The van der Waals surface area contributed by atoms with Gasteiger partial charge in [0.25, 0.3) is 0 Å². The van der Waals surface area contributed by atoms with Crippen molar-refractivity contribution in [1.82, 2.24) is 0 Å². The number of benzene rings is 5. The Morgan fingerprint density at radius 3 is 1.97 bits per heavy atom. The normalized spacial score (nSPS) is 11.3. The van der Waals surface area contributed by atoms with Crippen molar-refractivity contribution in [1.29, 1.82) is 0 Å². The first-order valence-electron chi connectivity index (χ1n) is 10.8. The van der Waals surface area contributed by atoms with Crippen molar-refractivity contribution in [2.24, 2.45) is 0 Å². The Morgan fingerprint density at radius 2 is 1.18 bits per heavy atom. The zero-order valence-electron chi connectivity index (χ0n) is 17.8. The number of hydrogen-bond acceptors (Lipinski definition) is 2. The molecule has 0 aliphatic heterocycles. The fourth-order valence-corrected chi connectivity index (χ4v) is 4.65. The van der Waals surface area contributed by atoms with Gasteiger partial charge >= 0.3 is 0 Å². The number of anilines is 1. The number of fused-ring (bicyclic) bond motifs is 3. The number of rotatable bonds is 3. The Kier molecular flexibility index (Phi) is 4.78. The third-order valence-electron chi connectivity index (χ3n) is 6.09. The van der Waals surface area contributed by atoms with E-state index in [-0.39, 0.29) is 0 Å². The van der Waals surface area contributed by atoms with Gasteiger partial charge in [0.2, 0.25) is 0 Å². The van der Waals surface area contributed by atoms with Crippen molar-refractivity contribution in [3.8, 4) is 33.4 Å². The lowest BCUT2D eigenvalue weighted by Crippen LogP contribution is -1.84. The van der Waals surface area contributed by atoms with E-state index in [9.17, 15) is 0 Å². The second kappa shape index (κ2) is 7.95. The lowest BCUT2D eigenvalue weighted by Gasteiger charge is -2.07. The van der Waals surface area contributed by atoms with Gasteiger partial charge in [-0.1, -0.05) is 82.7 Å². The average molecular weight is 490 g/mol. The standard InChI is InChI=1S/C30H20BrNO/c31-24-12-7-19(8-13-24)21-3-1-4-22(17-21)23-11-16-29-28(18-23)27-6-2-5-26(30(27)33-29)20-9-14-25(32)15-10-20/h1-18H,32H2. The Balaban J connectivity index is 1.47. The molecule has 1 heterocycles.